The number of carbonyl (C=O) groups is 1. The van der Waals surface area contributed by atoms with E-state index in [2.05, 4.69) is 5.32 Å². The third kappa shape index (κ3) is 3.85. The number of benzene rings is 1. The summed E-state index contributed by atoms with van der Waals surface area (Å²) in [6.07, 6.45) is 1.98. The highest BCUT2D eigenvalue weighted by atomic mass is 32.2. The van der Waals surface area contributed by atoms with Gasteiger partial charge in [-0.1, -0.05) is 0 Å². The van der Waals surface area contributed by atoms with Crippen LogP contribution in [0.15, 0.2) is 18.2 Å². The van der Waals surface area contributed by atoms with E-state index < -0.39 is 0 Å². The predicted octanol–water partition coefficient (Wildman–Crippen LogP) is 1.97. The van der Waals surface area contributed by atoms with E-state index in [1.165, 1.54) is 18.2 Å². The summed E-state index contributed by atoms with van der Waals surface area (Å²) in [4.78, 5) is 11.8. The highest BCUT2D eigenvalue weighted by Gasteiger charge is 2.17. The molecule has 5 heteroatoms. The van der Waals surface area contributed by atoms with E-state index in [9.17, 15) is 9.90 Å². The fraction of sp³-hybridized carbons (Fsp3) is 0.417. The summed E-state index contributed by atoms with van der Waals surface area (Å²) in [5.41, 5.74) is 0.331. The number of hydrogen-bond donors (Lipinski definition) is 3. The summed E-state index contributed by atoms with van der Waals surface area (Å²) in [5.74, 6) is -0.782. The summed E-state index contributed by atoms with van der Waals surface area (Å²) in [7, 11) is 0. The lowest BCUT2D eigenvalue weighted by molar-refractivity contribution is 0.0950. The fourth-order valence-electron chi connectivity index (χ4n) is 1.13. The molecule has 0 saturated carbocycles. The molecule has 0 atom stereocenters. The van der Waals surface area contributed by atoms with Crippen molar-refractivity contribution in [1.29, 1.82) is 0 Å². The molecule has 0 aliphatic heterocycles. The van der Waals surface area contributed by atoms with Crippen LogP contribution in [0.5, 0.6) is 11.5 Å². The average molecular weight is 255 g/mol. The molecule has 0 unspecified atom stereocenters. The Morgan fingerprint density at radius 3 is 2.53 bits per heavy atom. The molecule has 1 aromatic carbocycles. The lowest BCUT2D eigenvalue weighted by Gasteiger charge is -2.22. The maximum atomic E-state index is 11.8. The Bertz CT molecular complexity index is 418. The van der Waals surface area contributed by atoms with Crippen LogP contribution in [-0.4, -0.2) is 33.7 Å². The number of phenols is 2. The van der Waals surface area contributed by atoms with Crippen molar-refractivity contribution in [1.82, 2.24) is 5.32 Å². The summed E-state index contributed by atoms with van der Waals surface area (Å²) in [5, 5.41) is 21.2. The molecule has 0 aliphatic rings. The van der Waals surface area contributed by atoms with Crippen molar-refractivity contribution in [2.24, 2.45) is 0 Å². The van der Waals surface area contributed by atoms with E-state index in [0.717, 1.165) is 0 Å². The van der Waals surface area contributed by atoms with Gasteiger partial charge in [0.25, 0.3) is 5.91 Å². The molecule has 94 valence electrons. The number of rotatable bonds is 4. The smallest absolute Gasteiger partial charge is 0.251 e. The van der Waals surface area contributed by atoms with E-state index in [-0.39, 0.29) is 22.2 Å². The molecular formula is C12H17NO3S. The minimum Gasteiger partial charge on any atom is -0.504 e. The Balaban J connectivity index is 2.68. The van der Waals surface area contributed by atoms with Gasteiger partial charge in [-0.25, -0.2) is 0 Å². The molecule has 0 saturated heterocycles. The first-order chi connectivity index (χ1) is 7.85. The van der Waals surface area contributed by atoms with E-state index in [4.69, 9.17) is 5.11 Å². The number of nitrogens with one attached hydrogen (secondary N) is 1. The first kappa shape index (κ1) is 13.7. The molecule has 0 aliphatic carbocycles. The Morgan fingerprint density at radius 1 is 1.35 bits per heavy atom. The van der Waals surface area contributed by atoms with Gasteiger partial charge in [0.2, 0.25) is 0 Å². The largest absolute Gasteiger partial charge is 0.504 e. The predicted molar refractivity (Wildman–Crippen MR) is 69.7 cm³/mol. The van der Waals surface area contributed by atoms with E-state index in [1.54, 1.807) is 11.8 Å². The minimum atomic E-state index is -0.290. The quantitative estimate of drug-likeness (QED) is 0.719. The van der Waals surface area contributed by atoms with Gasteiger partial charge in [0.15, 0.2) is 11.5 Å². The van der Waals surface area contributed by atoms with Crippen LogP contribution in [0.4, 0.5) is 0 Å². The standard InChI is InChI=1S/C12H17NO3S/c1-12(2,17-3)7-13-11(16)8-4-5-9(14)10(15)6-8/h4-6,14-15H,7H2,1-3H3,(H,13,16). The van der Waals surface area contributed by atoms with Crippen LogP contribution in [-0.2, 0) is 0 Å². The van der Waals surface area contributed by atoms with Crippen LogP contribution < -0.4 is 5.32 Å². The van der Waals surface area contributed by atoms with Crippen molar-refractivity contribution in [3.63, 3.8) is 0 Å². The minimum absolute atomic E-state index is 0.0331. The van der Waals surface area contributed by atoms with Gasteiger partial charge in [-0.05, 0) is 38.3 Å². The van der Waals surface area contributed by atoms with E-state index in [0.29, 0.717) is 12.1 Å². The SMILES string of the molecule is CSC(C)(C)CNC(=O)c1ccc(O)c(O)c1. The molecule has 17 heavy (non-hydrogen) atoms. The van der Waals surface area contributed by atoms with Gasteiger partial charge >= 0.3 is 0 Å². The Kier molecular flexibility index (Phi) is 4.28. The topological polar surface area (TPSA) is 69.6 Å². The number of carbonyl (C=O) groups excluding carboxylic acids is 1. The van der Waals surface area contributed by atoms with Crippen LogP contribution >= 0.6 is 11.8 Å². The van der Waals surface area contributed by atoms with Crippen molar-refractivity contribution >= 4 is 17.7 Å². The van der Waals surface area contributed by atoms with Gasteiger partial charge in [0, 0.05) is 16.9 Å². The summed E-state index contributed by atoms with van der Waals surface area (Å²) < 4.78 is -0.0331. The van der Waals surface area contributed by atoms with Crippen LogP contribution in [0.3, 0.4) is 0 Å². The summed E-state index contributed by atoms with van der Waals surface area (Å²) in [6.45, 7) is 4.60. The maximum Gasteiger partial charge on any atom is 0.251 e. The van der Waals surface area contributed by atoms with Crippen molar-refractivity contribution in [2.75, 3.05) is 12.8 Å². The first-order valence-corrected chi connectivity index (χ1v) is 6.43. The maximum absolute atomic E-state index is 11.8. The highest BCUT2D eigenvalue weighted by Crippen LogP contribution is 2.25. The van der Waals surface area contributed by atoms with Crippen LogP contribution in [0.25, 0.3) is 0 Å². The van der Waals surface area contributed by atoms with Gasteiger partial charge in [0.1, 0.15) is 0 Å². The zero-order valence-electron chi connectivity index (χ0n) is 10.2. The van der Waals surface area contributed by atoms with Gasteiger partial charge in [0.05, 0.1) is 0 Å². The van der Waals surface area contributed by atoms with Gasteiger partial charge in [-0.2, -0.15) is 11.8 Å². The molecule has 3 N–H and O–H groups in total. The Labute approximate surface area is 105 Å². The second kappa shape index (κ2) is 5.31. The normalized spacial score (nSPS) is 11.2. The number of amides is 1. The van der Waals surface area contributed by atoms with Gasteiger partial charge in [-0.15, -0.1) is 0 Å². The number of thioether (sulfide) groups is 1. The second-order valence-corrected chi connectivity index (χ2v) is 5.86. The first-order valence-electron chi connectivity index (χ1n) is 5.21. The van der Waals surface area contributed by atoms with Crippen molar-refractivity contribution in [3.05, 3.63) is 23.8 Å². The molecule has 0 spiro atoms. The molecule has 0 radical (unpaired) electrons. The number of aromatic hydroxyl groups is 2. The monoisotopic (exact) mass is 255 g/mol. The van der Waals surface area contributed by atoms with Crippen molar-refractivity contribution < 1.29 is 15.0 Å². The Hall–Kier alpha value is -1.36. The van der Waals surface area contributed by atoms with Gasteiger partial charge < -0.3 is 15.5 Å². The summed E-state index contributed by atoms with van der Waals surface area (Å²) in [6, 6.07) is 4.01. The van der Waals surface area contributed by atoms with E-state index in [1.807, 2.05) is 20.1 Å². The molecular weight excluding hydrogens is 238 g/mol. The number of phenolic OH excluding ortho intramolecular Hbond substituents is 2. The third-order valence-corrected chi connectivity index (χ3v) is 3.71. The van der Waals surface area contributed by atoms with Gasteiger partial charge in [-0.3, -0.25) is 4.79 Å². The second-order valence-electron chi connectivity index (χ2n) is 4.35. The Morgan fingerprint density at radius 2 is 2.00 bits per heavy atom. The van der Waals surface area contributed by atoms with Crippen LogP contribution in [0.2, 0.25) is 0 Å². The van der Waals surface area contributed by atoms with Crippen molar-refractivity contribution in [3.8, 4) is 11.5 Å². The molecule has 1 aromatic rings. The summed E-state index contributed by atoms with van der Waals surface area (Å²) >= 11 is 1.67. The molecule has 0 fully saturated rings. The lowest BCUT2D eigenvalue weighted by atomic mass is 10.1. The van der Waals surface area contributed by atoms with Crippen molar-refractivity contribution in [2.45, 2.75) is 18.6 Å². The highest BCUT2D eigenvalue weighted by molar-refractivity contribution is 7.99. The molecule has 0 aromatic heterocycles. The average Bonchev–Trinajstić information content (AvgIpc) is 2.30. The molecule has 1 rings (SSSR count). The van der Waals surface area contributed by atoms with Crippen LogP contribution in [0.1, 0.15) is 24.2 Å². The number of hydrogen-bond acceptors (Lipinski definition) is 4. The zero-order chi connectivity index (χ0) is 13.1. The molecule has 4 nitrogen and oxygen atoms in total. The zero-order valence-corrected chi connectivity index (χ0v) is 11.0. The molecule has 0 heterocycles. The molecule has 0 bridgehead atoms. The van der Waals surface area contributed by atoms with Crippen LogP contribution in [0, 0.1) is 0 Å². The van der Waals surface area contributed by atoms with E-state index >= 15 is 0 Å². The third-order valence-electron chi connectivity index (χ3n) is 2.46. The lowest BCUT2D eigenvalue weighted by Crippen LogP contribution is -2.36. The molecule has 1 amide bonds. The fourth-order valence-corrected chi connectivity index (χ4v) is 1.35.